The lowest BCUT2D eigenvalue weighted by Gasteiger charge is -2.25. The molecule has 2 rings (SSSR count). The number of anilines is 1. The molecule has 1 amide bonds. The van der Waals surface area contributed by atoms with Crippen LogP contribution in [0.2, 0.25) is 5.02 Å². The van der Waals surface area contributed by atoms with Crippen LogP contribution in [-0.4, -0.2) is 41.4 Å². The van der Waals surface area contributed by atoms with E-state index in [4.69, 9.17) is 17.3 Å². The Kier molecular flexibility index (Phi) is 5.89. The SMILES string of the molecule is CN(C)C(CNc1ncc([N+](=O)[O-])cc1C(N)=O)c1ccc(Cl)cc1. The van der Waals surface area contributed by atoms with Crippen LogP contribution in [0.25, 0.3) is 0 Å². The van der Waals surface area contributed by atoms with Crippen LogP contribution in [0.1, 0.15) is 22.0 Å². The van der Waals surface area contributed by atoms with Crippen LogP contribution in [0.15, 0.2) is 36.5 Å². The van der Waals surface area contributed by atoms with E-state index in [9.17, 15) is 14.9 Å². The Morgan fingerprint density at radius 1 is 1.40 bits per heavy atom. The Bertz CT molecular complexity index is 780. The van der Waals surface area contributed by atoms with Gasteiger partial charge in [0, 0.05) is 17.6 Å². The van der Waals surface area contributed by atoms with Gasteiger partial charge in [0.25, 0.3) is 11.6 Å². The van der Waals surface area contributed by atoms with Gasteiger partial charge in [-0.05, 0) is 31.8 Å². The summed E-state index contributed by atoms with van der Waals surface area (Å²) in [4.78, 5) is 27.7. The van der Waals surface area contributed by atoms with E-state index in [1.54, 1.807) is 12.1 Å². The van der Waals surface area contributed by atoms with Crippen molar-refractivity contribution in [3.63, 3.8) is 0 Å². The molecule has 0 fully saturated rings. The second-order valence-electron chi connectivity index (χ2n) is 5.62. The standard InChI is InChI=1S/C16H18ClN5O3/c1-21(2)14(10-3-5-11(17)6-4-10)9-20-16-13(15(18)23)7-12(8-19-16)22(24)25/h3-8,14H,9H2,1-2H3,(H2,18,23)(H,19,20). The fourth-order valence-electron chi connectivity index (χ4n) is 2.36. The summed E-state index contributed by atoms with van der Waals surface area (Å²) in [6, 6.07) is 8.50. The molecule has 0 saturated carbocycles. The van der Waals surface area contributed by atoms with Crippen molar-refractivity contribution in [3.05, 3.63) is 62.8 Å². The van der Waals surface area contributed by atoms with E-state index in [-0.39, 0.29) is 23.1 Å². The quantitative estimate of drug-likeness (QED) is 0.576. The Morgan fingerprint density at radius 2 is 2.04 bits per heavy atom. The third-order valence-electron chi connectivity index (χ3n) is 3.69. The van der Waals surface area contributed by atoms with Gasteiger partial charge in [0.1, 0.15) is 12.0 Å². The van der Waals surface area contributed by atoms with Gasteiger partial charge in [-0.15, -0.1) is 0 Å². The number of benzene rings is 1. The summed E-state index contributed by atoms with van der Waals surface area (Å²) in [6.07, 6.45) is 1.09. The maximum absolute atomic E-state index is 11.6. The molecule has 3 N–H and O–H groups in total. The number of nitrogens with one attached hydrogen (secondary N) is 1. The van der Waals surface area contributed by atoms with Crippen molar-refractivity contribution in [1.29, 1.82) is 0 Å². The smallest absolute Gasteiger partial charge is 0.288 e. The van der Waals surface area contributed by atoms with Crippen LogP contribution in [0.3, 0.4) is 0 Å². The monoisotopic (exact) mass is 363 g/mol. The number of rotatable bonds is 7. The Hall–Kier alpha value is -2.71. The van der Waals surface area contributed by atoms with Gasteiger partial charge >= 0.3 is 0 Å². The summed E-state index contributed by atoms with van der Waals surface area (Å²) < 4.78 is 0. The fraction of sp³-hybridized carbons (Fsp3) is 0.250. The number of primary amides is 1. The lowest BCUT2D eigenvalue weighted by molar-refractivity contribution is -0.385. The second kappa shape index (κ2) is 7.91. The molecule has 0 spiro atoms. The van der Waals surface area contributed by atoms with Gasteiger partial charge < -0.3 is 16.0 Å². The molecular weight excluding hydrogens is 346 g/mol. The summed E-state index contributed by atoms with van der Waals surface area (Å²) >= 11 is 5.92. The molecule has 9 heteroatoms. The number of aromatic nitrogens is 1. The molecule has 1 heterocycles. The zero-order valence-electron chi connectivity index (χ0n) is 13.8. The first kappa shape index (κ1) is 18.6. The number of nitro groups is 1. The highest BCUT2D eigenvalue weighted by atomic mass is 35.5. The molecule has 1 aromatic heterocycles. The fourth-order valence-corrected chi connectivity index (χ4v) is 2.49. The summed E-state index contributed by atoms with van der Waals surface area (Å²) in [6.45, 7) is 0.416. The Labute approximate surface area is 149 Å². The van der Waals surface area contributed by atoms with E-state index in [0.29, 0.717) is 11.6 Å². The van der Waals surface area contributed by atoms with Crippen molar-refractivity contribution in [2.45, 2.75) is 6.04 Å². The Morgan fingerprint density at radius 3 is 2.56 bits per heavy atom. The number of amides is 1. The summed E-state index contributed by atoms with van der Waals surface area (Å²) in [5, 5.41) is 14.5. The van der Waals surface area contributed by atoms with Crippen molar-refractivity contribution in [2.75, 3.05) is 26.0 Å². The first-order valence-electron chi connectivity index (χ1n) is 7.39. The molecule has 0 bridgehead atoms. The van der Waals surface area contributed by atoms with Crippen molar-refractivity contribution >= 4 is 29.0 Å². The highest BCUT2D eigenvalue weighted by molar-refractivity contribution is 6.30. The number of hydrogen-bond acceptors (Lipinski definition) is 6. The van der Waals surface area contributed by atoms with Gasteiger partial charge in [-0.1, -0.05) is 23.7 Å². The first-order valence-corrected chi connectivity index (χ1v) is 7.77. The van der Waals surface area contributed by atoms with Crippen LogP contribution < -0.4 is 11.1 Å². The molecule has 0 aliphatic rings. The number of halogens is 1. The summed E-state index contributed by atoms with van der Waals surface area (Å²) in [5.74, 6) is -0.578. The summed E-state index contributed by atoms with van der Waals surface area (Å²) in [5.41, 5.74) is 6.01. The zero-order chi connectivity index (χ0) is 18.6. The minimum Gasteiger partial charge on any atom is -0.367 e. The minimum atomic E-state index is -0.786. The van der Waals surface area contributed by atoms with E-state index in [1.165, 1.54) is 0 Å². The highest BCUT2D eigenvalue weighted by Gasteiger charge is 2.19. The largest absolute Gasteiger partial charge is 0.367 e. The predicted molar refractivity (Wildman–Crippen MR) is 95.8 cm³/mol. The molecule has 25 heavy (non-hydrogen) atoms. The van der Waals surface area contributed by atoms with Gasteiger partial charge in [0.15, 0.2) is 0 Å². The maximum Gasteiger partial charge on any atom is 0.288 e. The topological polar surface area (TPSA) is 114 Å². The number of nitrogens with zero attached hydrogens (tertiary/aromatic N) is 3. The molecule has 0 saturated heterocycles. The van der Waals surface area contributed by atoms with Crippen molar-refractivity contribution in [3.8, 4) is 0 Å². The lowest BCUT2D eigenvalue weighted by atomic mass is 10.1. The third kappa shape index (κ3) is 4.65. The molecule has 2 aromatic rings. The number of carbonyl (C=O) groups excluding carboxylic acids is 1. The van der Waals surface area contributed by atoms with Gasteiger partial charge in [-0.2, -0.15) is 0 Å². The number of carbonyl (C=O) groups is 1. The molecule has 1 unspecified atom stereocenters. The summed E-state index contributed by atoms with van der Waals surface area (Å²) in [7, 11) is 3.83. The van der Waals surface area contributed by atoms with Gasteiger partial charge in [-0.25, -0.2) is 4.98 Å². The van der Waals surface area contributed by atoms with Crippen molar-refractivity contribution < 1.29 is 9.72 Å². The Balaban J connectivity index is 2.24. The van der Waals surface area contributed by atoms with Gasteiger partial charge in [0.2, 0.25) is 0 Å². The number of hydrogen-bond donors (Lipinski definition) is 2. The molecule has 132 valence electrons. The van der Waals surface area contributed by atoms with Crippen LogP contribution in [0, 0.1) is 10.1 Å². The lowest BCUT2D eigenvalue weighted by Crippen LogP contribution is -2.28. The average Bonchev–Trinajstić information content (AvgIpc) is 2.56. The number of likely N-dealkylation sites (N-methyl/N-ethyl adjacent to an activating group) is 1. The molecule has 0 radical (unpaired) electrons. The number of nitrogens with two attached hydrogens (primary N) is 1. The molecule has 8 nitrogen and oxygen atoms in total. The van der Waals surface area contributed by atoms with E-state index >= 15 is 0 Å². The van der Waals surface area contributed by atoms with E-state index in [2.05, 4.69) is 10.3 Å². The predicted octanol–water partition coefficient (Wildman–Crippen LogP) is 2.46. The van der Waals surface area contributed by atoms with Crippen molar-refractivity contribution in [1.82, 2.24) is 9.88 Å². The number of pyridine rings is 1. The van der Waals surface area contributed by atoms with Crippen LogP contribution in [-0.2, 0) is 0 Å². The maximum atomic E-state index is 11.6. The minimum absolute atomic E-state index is 0.0252. The molecular formula is C16H18ClN5O3. The van der Waals surface area contributed by atoms with Gasteiger partial charge in [0.05, 0.1) is 16.5 Å². The van der Waals surface area contributed by atoms with Crippen LogP contribution in [0.5, 0.6) is 0 Å². The average molecular weight is 364 g/mol. The highest BCUT2D eigenvalue weighted by Crippen LogP contribution is 2.23. The normalized spacial score (nSPS) is 12.0. The van der Waals surface area contributed by atoms with Crippen LogP contribution >= 0.6 is 11.6 Å². The first-order chi connectivity index (χ1) is 11.8. The van der Waals surface area contributed by atoms with E-state index in [1.807, 2.05) is 31.1 Å². The molecule has 0 aliphatic heterocycles. The molecule has 1 aromatic carbocycles. The zero-order valence-corrected chi connectivity index (χ0v) is 14.5. The van der Waals surface area contributed by atoms with E-state index < -0.39 is 10.8 Å². The van der Waals surface area contributed by atoms with Gasteiger partial charge in [-0.3, -0.25) is 14.9 Å². The molecule has 0 aliphatic carbocycles. The second-order valence-corrected chi connectivity index (χ2v) is 6.06. The molecule has 1 atom stereocenters. The van der Waals surface area contributed by atoms with Crippen LogP contribution in [0.4, 0.5) is 11.5 Å². The van der Waals surface area contributed by atoms with E-state index in [0.717, 1.165) is 17.8 Å². The third-order valence-corrected chi connectivity index (χ3v) is 3.94. The van der Waals surface area contributed by atoms with Crippen molar-refractivity contribution in [2.24, 2.45) is 5.73 Å².